The maximum absolute atomic E-state index is 12.9. The molecule has 0 fully saturated rings. The van der Waals surface area contributed by atoms with E-state index < -0.39 is 26.5 Å². The van der Waals surface area contributed by atoms with Crippen LogP contribution in [0.25, 0.3) is 0 Å². The lowest BCUT2D eigenvalue weighted by molar-refractivity contribution is -0.870. The number of hydrogen-bond donors (Lipinski definition) is 0. The Morgan fingerprint density at radius 2 is 0.663 bits per heavy atom. The van der Waals surface area contributed by atoms with Gasteiger partial charge in [-0.3, -0.25) is 14.2 Å². The maximum Gasteiger partial charge on any atom is 0.306 e. The van der Waals surface area contributed by atoms with Gasteiger partial charge in [0.1, 0.15) is 19.8 Å². The van der Waals surface area contributed by atoms with Crippen LogP contribution in [0.4, 0.5) is 0 Å². The zero-order chi connectivity index (χ0) is 62.6. The van der Waals surface area contributed by atoms with E-state index in [4.69, 9.17) is 18.5 Å². The van der Waals surface area contributed by atoms with Crippen molar-refractivity contribution < 1.29 is 42.1 Å². The Balaban J connectivity index is 4.06. The third-order valence-corrected chi connectivity index (χ3v) is 16.3. The highest BCUT2D eigenvalue weighted by molar-refractivity contribution is 7.45. The largest absolute Gasteiger partial charge is 0.756 e. The quantitative estimate of drug-likeness (QED) is 0.0195. The van der Waals surface area contributed by atoms with Crippen molar-refractivity contribution in [1.29, 1.82) is 0 Å². The normalized spacial score (nSPS) is 13.8. The summed E-state index contributed by atoms with van der Waals surface area (Å²) in [4.78, 5) is 38.1. The zero-order valence-electron chi connectivity index (χ0n) is 56.5. The van der Waals surface area contributed by atoms with Gasteiger partial charge in [0, 0.05) is 12.8 Å². The standard InChI is InChI=1S/C76H134NO8P/c1-6-8-10-12-14-16-18-20-22-24-26-28-30-31-32-33-34-35-36-37-38-39-40-41-42-43-44-45-47-49-51-53-55-57-59-61-63-65-67-69-76(79)85-74(73-84-86(80,81)83-71-70-77(3,4)5)72-82-75(78)68-66-64-62-60-58-56-54-52-50-48-46-29-27-25-23-21-19-17-15-13-11-9-7-2/h8,10,14,16,20,22,26,28,31-32,34-35,37-38,40-41,43-44,74H,6-7,9,11-13,15,17-19,21,23-25,27,29-30,33,36,39,42,45-73H2,1-5H3/b10-8-,16-14-,22-20-,28-26-,32-31-,35-34-,38-37-,41-40-,44-43-. The van der Waals surface area contributed by atoms with Gasteiger partial charge in [0.05, 0.1) is 27.7 Å². The van der Waals surface area contributed by atoms with E-state index in [1.54, 1.807) is 0 Å². The van der Waals surface area contributed by atoms with Crippen molar-refractivity contribution in [3.05, 3.63) is 109 Å². The first-order valence-electron chi connectivity index (χ1n) is 35.6. The number of rotatable bonds is 65. The lowest BCUT2D eigenvalue weighted by atomic mass is 10.0. The van der Waals surface area contributed by atoms with Crippen molar-refractivity contribution >= 4 is 19.8 Å². The number of allylic oxidation sites excluding steroid dienone is 18. The van der Waals surface area contributed by atoms with E-state index in [-0.39, 0.29) is 32.0 Å². The molecule has 0 spiro atoms. The number of carbonyl (C=O) groups excluding carboxylic acids is 2. The Morgan fingerprint density at radius 1 is 0.372 bits per heavy atom. The lowest BCUT2D eigenvalue weighted by Gasteiger charge is -2.28. The van der Waals surface area contributed by atoms with E-state index in [9.17, 15) is 19.0 Å². The molecule has 0 aromatic carbocycles. The Labute approximate surface area is 531 Å². The third-order valence-electron chi connectivity index (χ3n) is 15.3. The van der Waals surface area contributed by atoms with Crippen LogP contribution in [0.2, 0.25) is 0 Å². The molecule has 0 aliphatic carbocycles. The first-order chi connectivity index (χ1) is 42.0. The number of esters is 2. The molecule has 86 heavy (non-hydrogen) atoms. The summed E-state index contributed by atoms with van der Waals surface area (Å²) in [7, 11) is 1.17. The van der Waals surface area contributed by atoms with E-state index in [1.807, 2.05) is 21.1 Å². The molecule has 0 N–H and O–H groups in total. The van der Waals surface area contributed by atoms with Crippen LogP contribution < -0.4 is 4.89 Å². The lowest BCUT2D eigenvalue weighted by Crippen LogP contribution is -2.37. The topological polar surface area (TPSA) is 111 Å². The Bertz CT molecular complexity index is 1820. The molecule has 0 aliphatic heterocycles. The van der Waals surface area contributed by atoms with Crippen LogP contribution in [0.15, 0.2) is 109 Å². The number of likely N-dealkylation sites (N-methyl/N-ethyl adjacent to an activating group) is 1. The highest BCUT2D eigenvalue weighted by Crippen LogP contribution is 2.38. The summed E-state index contributed by atoms with van der Waals surface area (Å²) in [5.74, 6) is -0.828. The number of nitrogens with zero attached hydrogens (tertiary/aromatic N) is 1. The van der Waals surface area contributed by atoms with Gasteiger partial charge in [-0.25, -0.2) is 0 Å². The van der Waals surface area contributed by atoms with Gasteiger partial charge >= 0.3 is 11.9 Å². The summed E-state index contributed by atoms with van der Waals surface area (Å²) < 4.78 is 34.3. The van der Waals surface area contributed by atoms with Crippen molar-refractivity contribution in [2.24, 2.45) is 0 Å². The molecule has 0 aliphatic rings. The second-order valence-corrected chi connectivity index (χ2v) is 26.3. The van der Waals surface area contributed by atoms with E-state index in [0.717, 1.165) is 103 Å². The van der Waals surface area contributed by atoms with Gasteiger partial charge < -0.3 is 27.9 Å². The summed E-state index contributed by atoms with van der Waals surface area (Å²) in [6.45, 7) is 4.16. The minimum atomic E-state index is -4.65. The van der Waals surface area contributed by atoms with Gasteiger partial charge in [-0.1, -0.05) is 322 Å². The summed E-state index contributed by atoms with van der Waals surface area (Å²) in [5.41, 5.74) is 0. The molecule has 0 saturated heterocycles. The van der Waals surface area contributed by atoms with Crippen LogP contribution in [0.1, 0.15) is 309 Å². The first kappa shape index (κ1) is 82.7. The molecule has 496 valence electrons. The summed E-state index contributed by atoms with van der Waals surface area (Å²) in [5, 5.41) is 0. The fourth-order valence-electron chi connectivity index (χ4n) is 9.89. The predicted octanol–water partition coefficient (Wildman–Crippen LogP) is 22.6. The molecule has 0 aromatic heterocycles. The number of phosphoric acid groups is 1. The fraction of sp³-hybridized carbons (Fsp3) is 0.737. The minimum Gasteiger partial charge on any atom is -0.756 e. The molecule has 0 heterocycles. The van der Waals surface area contributed by atoms with Crippen LogP contribution in [0, 0.1) is 0 Å². The second kappa shape index (κ2) is 66.1. The fourth-order valence-corrected chi connectivity index (χ4v) is 10.6. The van der Waals surface area contributed by atoms with Crippen molar-refractivity contribution in [3.8, 4) is 0 Å². The molecule has 0 radical (unpaired) electrons. The molecule has 2 unspecified atom stereocenters. The molecule has 0 saturated carbocycles. The van der Waals surface area contributed by atoms with Crippen molar-refractivity contribution in [1.82, 2.24) is 0 Å². The van der Waals surface area contributed by atoms with Gasteiger partial charge in [0.2, 0.25) is 0 Å². The number of phosphoric ester groups is 1. The molecule has 9 nitrogen and oxygen atoms in total. The number of unbranched alkanes of at least 4 members (excludes halogenated alkanes) is 33. The van der Waals surface area contributed by atoms with E-state index in [1.165, 1.54) is 173 Å². The number of hydrogen-bond acceptors (Lipinski definition) is 8. The molecule has 0 bridgehead atoms. The van der Waals surface area contributed by atoms with Crippen LogP contribution in [-0.2, 0) is 32.7 Å². The Morgan fingerprint density at radius 3 is 0.988 bits per heavy atom. The van der Waals surface area contributed by atoms with Crippen molar-refractivity contribution in [2.45, 2.75) is 315 Å². The van der Waals surface area contributed by atoms with E-state index >= 15 is 0 Å². The molecular formula is C76H134NO8P. The molecular weight excluding hydrogens is 1090 g/mol. The van der Waals surface area contributed by atoms with Crippen molar-refractivity contribution in [2.75, 3.05) is 47.5 Å². The van der Waals surface area contributed by atoms with Gasteiger partial charge in [-0.05, 0) is 83.5 Å². The van der Waals surface area contributed by atoms with E-state index in [0.29, 0.717) is 17.4 Å². The van der Waals surface area contributed by atoms with Crippen LogP contribution >= 0.6 is 7.82 Å². The number of quaternary nitrogens is 1. The van der Waals surface area contributed by atoms with Crippen LogP contribution in [0.5, 0.6) is 0 Å². The van der Waals surface area contributed by atoms with Gasteiger partial charge in [0.25, 0.3) is 7.82 Å². The van der Waals surface area contributed by atoms with Gasteiger partial charge in [-0.15, -0.1) is 0 Å². The smallest absolute Gasteiger partial charge is 0.306 e. The summed E-state index contributed by atoms with van der Waals surface area (Å²) in [6, 6.07) is 0. The van der Waals surface area contributed by atoms with E-state index in [2.05, 4.69) is 123 Å². The zero-order valence-corrected chi connectivity index (χ0v) is 57.4. The molecule has 2 atom stereocenters. The molecule has 0 rings (SSSR count). The maximum atomic E-state index is 12.9. The average Bonchev–Trinajstić information content (AvgIpc) is 3.56. The first-order valence-corrected chi connectivity index (χ1v) is 37.1. The summed E-state index contributed by atoms with van der Waals surface area (Å²) >= 11 is 0. The Hall–Kier alpha value is -3.33. The van der Waals surface area contributed by atoms with Crippen molar-refractivity contribution in [3.63, 3.8) is 0 Å². The van der Waals surface area contributed by atoms with Crippen LogP contribution in [0.3, 0.4) is 0 Å². The summed E-state index contributed by atoms with van der Waals surface area (Å²) in [6.07, 6.45) is 93.1. The molecule has 10 heteroatoms. The third kappa shape index (κ3) is 69.8. The SMILES string of the molecule is CC/C=C\C/C=C\C/C=C\C/C=C\C/C=C\C/C=C\C/C=C\C/C=C\C/C=C\CCCCCCCCCCCCCC(=O)OC(COC(=O)CCCCCCCCCCCCCCCCCCCCCCCCC)COP(=O)([O-])OCC[N+](C)(C)C. The number of ether oxygens (including phenoxy) is 2. The monoisotopic (exact) mass is 1220 g/mol. The second-order valence-electron chi connectivity index (χ2n) is 24.9. The molecule has 0 amide bonds. The number of carbonyl (C=O) groups is 2. The molecule has 0 aromatic rings. The average molecular weight is 1220 g/mol. The van der Waals surface area contributed by atoms with Crippen LogP contribution in [-0.4, -0.2) is 70.0 Å². The predicted molar refractivity (Wildman–Crippen MR) is 369 cm³/mol. The Kier molecular flexibility index (Phi) is 63.5. The minimum absolute atomic E-state index is 0.0336. The van der Waals surface area contributed by atoms with Gasteiger partial charge in [-0.2, -0.15) is 0 Å². The van der Waals surface area contributed by atoms with Gasteiger partial charge in [0.15, 0.2) is 6.10 Å². The highest BCUT2D eigenvalue weighted by Gasteiger charge is 2.22. The highest BCUT2D eigenvalue weighted by atomic mass is 31.2.